The summed E-state index contributed by atoms with van der Waals surface area (Å²) < 4.78 is 2.13. The second-order valence-electron chi connectivity index (χ2n) is 6.19. The van der Waals surface area contributed by atoms with E-state index in [1.165, 1.54) is 18.5 Å². The first-order chi connectivity index (χ1) is 9.49. The number of carbonyl (C=O) groups is 1. The van der Waals surface area contributed by atoms with Gasteiger partial charge in [-0.1, -0.05) is 0 Å². The van der Waals surface area contributed by atoms with Gasteiger partial charge in [0, 0.05) is 38.1 Å². The van der Waals surface area contributed by atoms with E-state index in [2.05, 4.69) is 49.1 Å². The molecule has 0 saturated heterocycles. The lowest BCUT2D eigenvalue weighted by Crippen LogP contribution is -2.46. The molecule has 20 heavy (non-hydrogen) atoms. The van der Waals surface area contributed by atoms with Gasteiger partial charge >= 0.3 is 6.03 Å². The molecule has 1 heterocycles. The third-order valence-corrected chi connectivity index (χ3v) is 4.49. The van der Waals surface area contributed by atoms with Crippen LogP contribution in [0.2, 0.25) is 0 Å². The van der Waals surface area contributed by atoms with Crippen molar-refractivity contribution in [3.8, 4) is 0 Å². The number of urea groups is 1. The molecule has 2 unspecified atom stereocenters. The van der Waals surface area contributed by atoms with Gasteiger partial charge in [-0.25, -0.2) is 4.79 Å². The van der Waals surface area contributed by atoms with Crippen molar-refractivity contribution < 1.29 is 4.79 Å². The molecule has 2 amide bonds. The van der Waals surface area contributed by atoms with Crippen LogP contribution in [-0.2, 0) is 13.5 Å². The summed E-state index contributed by atoms with van der Waals surface area (Å²) in [6.45, 7) is 4.22. The Balaban J connectivity index is 1.74. The lowest BCUT2D eigenvalue weighted by Gasteiger charge is -2.27. The Kier molecular flexibility index (Phi) is 4.73. The number of hydrogen-bond acceptors (Lipinski definition) is 1. The molecular weight excluding hydrogens is 250 g/mol. The monoisotopic (exact) mass is 277 g/mol. The van der Waals surface area contributed by atoms with Crippen LogP contribution < -0.4 is 5.32 Å². The van der Waals surface area contributed by atoms with Gasteiger partial charge < -0.3 is 14.8 Å². The zero-order valence-corrected chi connectivity index (χ0v) is 13.1. The molecule has 0 aliphatic heterocycles. The smallest absolute Gasteiger partial charge is 0.317 e. The molecule has 0 radical (unpaired) electrons. The number of hydrogen-bond donors (Lipinski definition) is 1. The summed E-state index contributed by atoms with van der Waals surface area (Å²) in [5.41, 5.74) is 1.31. The highest BCUT2D eigenvalue weighted by molar-refractivity contribution is 5.74. The fourth-order valence-corrected chi connectivity index (χ4v) is 2.59. The Hall–Kier alpha value is -1.45. The second-order valence-corrected chi connectivity index (χ2v) is 6.19. The summed E-state index contributed by atoms with van der Waals surface area (Å²) in [7, 11) is 3.96. The number of nitrogens with one attached hydrogen (secondary N) is 1. The number of aryl methyl sites for hydroxylation is 2. The molecule has 1 fully saturated rings. The van der Waals surface area contributed by atoms with Crippen LogP contribution in [0.3, 0.4) is 0 Å². The van der Waals surface area contributed by atoms with Gasteiger partial charge in [-0.05, 0) is 57.6 Å². The normalized spacial score (nSPS) is 17.6. The number of aromatic nitrogens is 1. The summed E-state index contributed by atoms with van der Waals surface area (Å²) in [4.78, 5) is 14.0. The van der Waals surface area contributed by atoms with E-state index in [0.29, 0.717) is 12.0 Å². The molecule has 2 rings (SSSR count). The molecule has 112 valence electrons. The van der Waals surface area contributed by atoms with Crippen LogP contribution >= 0.6 is 0 Å². The zero-order valence-electron chi connectivity index (χ0n) is 13.1. The van der Waals surface area contributed by atoms with Gasteiger partial charge in [0.25, 0.3) is 0 Å². The van der Waals surface area contributed by atoms with Crippen molar-refractivity contribution >= 4 is 6.03 Å². The van der Waals surface area contributed by atoms with E-state index in [1.54, 1.807) is 0 Å². The van der Waals surface area contributed by atoms with E-state index >= 15 is 0 Å². The van der Waals surface area contributed by atoms with Crippen molar-refractivity contribution in [2.45, 2.75) is 51.6 Å². The van der Waals surface area contributed by atoms with Crippen LogP contribution in [0.15, 0.2) is 18.3 Å². The van der Waals surface area contributed by atoms with Crippen molar-refractivity contribution in [2.75, 3.05) is 7.05 Å². The van der Waals surface area contributed by atoms with E-state index in [4.69, 9.17) is 0 Å². The first kappa shape index (κ1) is 14.9. The van der Waals surface area contributed by atoms with E-state index in [0.717, 1.165) is 12.8 Å². The molecule has 0 spiro atoms. The average molecular weight is 277 g/mol. The van der Waals surface area contributed by atoms with E-state index in [9.17, 15) is 4.79 Å². The van der Waals surface area contributed by atoms with Crippen LogP contribution in [0.5, 0.6) is 0 Å². The highest BCUT2D eigenvalue weighted by Crippen LogP contribution is 2.34. The fraction of sp³-hybridized carbons (Fsp3) is 0.688. The zero-order chi connectivity index (χ0) is 14.7. The minimum Gasteiger partial charge on any atom is -0.354 e. The third kappa shape index (κ3) is 3.78. The van der Waals surface area contributed by atoms with Gasteiger partial charge in [0.05, 0.1) is 0 Å². The van der Waals surface area contributed by atoms with Crippen molar-refractivity contribution in [3.63, 3.8) is 0 Å². The third-order valence-electron chi connectivity index (χ3n) is 4.49. The van der Waals surface area contributed by atoms with Crippen LogP contribution in [0.25, 0.3) is 0 Å². The molecule has 1 N–H and O–H groups in total. The molecule has 0 aromatic carbocycles. The van der Waals surface area contributed by atoms with Gasteiger partial charge in [-0.3, -0.25) is 0 Å². The van der Waals surface area contributed by atoms with Crippen molar-refractivity contribution in [3.05, 3.63) is 24.0 Å². The second kappa shape index (κ2) is 6.33. The Bertz CT molecular complexity index is 450. The molecule has 1 aliphatic carbocycles. The fourth-order valence-electron chi connectivity index (χ4n) is 2.59. The number of carbonyl (C=O) groups excluding carboxylic acids is 1. The highest BCUT2D eigenvalue weighted by Gasteiger charge is 2.32. The topological polar surface area (TPSA) is 37.3 Å². The minimum absolute atomic E-state index is 0.0591. The maximum atomic E-state index is 12.2. The van der Waals surface area contributed by atoms with Crippen molar-refractivity contribution in [1.82, 2.24) is 14.8 Å². The summed E-state index contributed by atoms with van der Waals surface area (Å²) in [5, 5.41) is 3.10. The molecule has 0 bridgehead atoms. The summed E-state index contributed by atoms with van der Waals surface area (Å²) >= 11 is 0. The highest BCUT2D eigenvalue weighted by atomic mass is 16.2. The molecule has 1 aromatic rings. The minimum atomic E-state index is 0.0591. The summed E-state index contributed by atoms with van der Waals surface area (Å²) in [6, 6.07) is 4.81. The Morgan fingerprint density at radius 2 is 2.20 bits per heavy atom. The maximum absolute atomic E-state index is 12.2. The molecule has 1 aliphatic rings. The molecule has 1 aromatic heterocycles. The molecule has 4 heteroatoms. The SMILES string of the molecule is CC(CCc1cccn1C)NC(=O)N(C)C(C)C1CC1. The van der Waals surface area contributed by atoms with Crippen LogP contribution in [-0.4, -0.2) is 34.6 Å². The van der Waals surface area contributed by atoms with Crippen LogP contribution in [0, 0.1) is 5.92 Å². The van der Waals surface area contributed by atoms with Gasteiger partial charge in [0.1, 0.15) is 0 Å². The van der Waals surface area contributed by atoms with Crippen LogP contribution in [0.4, 0.5) is 4.79 Å². The molecule has 1 saturated carbocycles. The van der Waals surface area contributed by atoms with Gasteiger partial charge in [-0.15, -0.1) is 0 Å². The lowest BCUT2D eigenvalue weighted by molar-refractivity contribution is 0.184. The summed E-state index contributed by atoms with van der Waals surface area (Å²) in [5.74, 6) is 0.712. The average Bonchev–Trinajstić information content (AvgIpc) is 3.18. The molecule has 2 atom stereocenters. The van der Waals surface area contributed by atoms with E-state index < -0.39 is 0 Å². The maximum Gasteiger partial charge on any atom is 0.317 e. The van der Waals surface area contributed by atoms with E-state index in [-0.39, 0.29) is 12.1 Å². The molecule has 4 nitrogen and oxygen atoms in total. The standard InChI is InChI=1S/C16H27N3O/c1-12(7-10-15-6-5-11-18(15)3)17-16(20)19(4)13(2)14-8-9-14/h5-6,11-14H,7-10H2,1-4H3,(H,17,20). The largest absolute Gasteiger partial charge is 0.354 e. The van der Waals surface area contributed by atoms with Crippen molar-refractivity contribution in [2.24, 2.45) is 13.0 Å². The van der Waals surface area contributed by atoms with E-state index in [1.807, 2.05) is 11.9 Å². The van der Waals surface area contributed by atoms with Gasteiger partial charge in [0.2, 0.25) is 0 Å². The Morgan fingerprint density at radius 1 is 1.50 bits per heavy atom. The van der Waals surface area contributed by atoms with Gasteiger partial charge in [0.15, 0.2) is 0 Å². The summed E-state index contributed by atoms with van der Waals surface area (Å²) in [6.07, 6.45) is 6.55. The number of rotatable bonds is 6. The molecular formula is C16H27N3O. The van der Waals surface area contributed by atoms with Crippen molar-refractivity contribution in [1.29, 1.82) is 0 Å². The van der Waals surface area contributed by atoms with Gasteiger partial charge in [-0.2, -0.15) is 0 Å². The lowest BCUT2D eigenvalue weighted by atomic mass is 10.1. The first-order valence-corrected chi connectivity index (χ1v) is 7.62. The first-order valence-electron chi connectivity index (χ1n) is 7.62. The predicted octanol–water partition coefficient (Wildman–Crippen LogP) is 2.79. The Morgan fingerprint density at radius 3 is 2.75 bits per heavy atom. The van der Waals surface area contributed by atoms with Crippen LogP contribution in [0.1, 0.15) is 38.8 Å². The number of amides is 2. The number of nitrogens with zero attached hydrogens (tertiary/aromatic N) is 2. The predicted molar refractivity (Wildman–Crippen MR) is 81.7 cm³/mol. The quantitative estimate of drug-likeness (QED) is 0.853. The Labute approximate surface area is 122 Å².